The topological polar surface area (TPSA) is 18.5 Å². The van der Waals surface area contributed by atoms with E-state index < -0.39 is 0 Å². The molecule has 0 saturated heterocycles. The highest BCUT2D eigenvalue weighted by molar-refractivity contribution is 6.33. The maximum atomic E-state index is 5.48. The summed E-state index contributed by atoms with van der Waals surface area (Å²) in [6.07, 6.45) is 5.11. The van der Waals surface area contributed by atoms with Crippen LogP contribution in [0.15, 0.2) is 0 Å². The molecule has 0 amide bonds. The first-order chi connectivity index (χ1) is 6.85. The summed E-state index contributed by atoms with van der Waals surface area (Å²) in [6.45, 7) is 7.94. The fourth-order valence-corrected chi connectivity index (χ4v) is 2.35. The van der Waals surface area contributed by atoms with E-state index in [1.807, 2.05) is 13.8 Å². The summed E-state index contributed by atoms with van der Waals surface area (Å²) in [5.41, 5.74) is 0. The average molecular weight is 218 g/mol. The SMILES string of the molecule is CCOC(CCCCC[SiH2]C)OCC. The standard InChI is InChI=1S/C11H26O2Si/c1-4-12-11(13-5-2)9-7-6-8-10-14-3/h11H,4-10,14H2,1-3H3. The highest BCUT2D eigenvalue weighted by Crippen LogP contribution is 2.09. The maximum absolute atomic E-state index is 5.48. The van der Waals surface area contributed by atoms with Gasteiger partial charge in [0.2, 0.25) is 0 Å². The van der Waals surface area contributed by atoms with Crippen LogP contribution in [0.4, 0.5) is 0 Å². The average Bonchev–Trinajstić information content (AvgIpc) is 2.18. The lowest BCUT2D eigenvalue weighted by Crippen LogP contribution is -2.17. The van der Waals surface area contributed by atoms with Gasteiger partial charge in [0, 0.05) is 22.7 Å². The Balaban J connectivity index is 3.30. The Labute approximate surface area is 91.2 Å². The molecular formula is C11H26O2Si. The van der Waals surface area contributed by atoms with Gasteiger partial charge >= 0.3 is 0 Å². The van der Waals surface area contributed by atoms with Gasteiger partial charge in [-0.2, -0.15) is 0 Å². The first kappa shape index (κ1) is 14.1. The van der Waals surface area contributed by atoms with E-state index in [2.05, 4.69) is 6.55 Å². The van der Waals surface area contributed by atoms with Crippen LogP contribution in [0.1, 0.15) is 39.5 Å². The van der Waals surface area contributed by atoms with Crippen molar-refractivity contribution in [2.75, 3.05) is 13.2 Å². The molecule has 0 bridgehead atoms. The fraction of sp³-hybridized carbons (Fsp3) is 1.00. The predicted molar refractivity (Wildman–Crippen MR) is 64.7 cm³/mol. The van der Waals surface area contributed by atoms with E-state index in [1.165, 1.54) is 25.3 Å². The predicted octanol–water partition coefficient (Wildman–Crippen LogP) is 2.58. The third-order valence-electron chi connectivity index (χ3n) is 2.25. The van der Waals surface area contributed by atoms with Crippen molar-refractivity contribution in [2.45, 2.75) is 58.4 Å². The van der Waals surface area contributed by atoms with Crippen LogP contribution in [0.3, 0.4) is 0 Å². The zero-order valence-electron chi connectivity index (χ0n) is 10.1. The summed E-state index contributed by atoms with van der Waals surface area (Å²) in [5.74, 6) is 0. The molecule has 0 N–H and O–H groups in total. The van der Waals surface area contributed by atoms with Gasteiger partial charge in [0.15, 0.2) is 6.29 Å². The second kappa shape index (κ2) is 11.2. The molecule has 0 atom stereocenters. The molecular weight excluding hydrogens is 192 g/mol. The lowest BCUT2D eigenvalue weighted by molar-refractivity contribution is -0.140. The Hall–Kier alpha value is 0.137. The molecule has 0 aliphatic heterocycles. The molecule has 14 heavy (non-hydrogen) atoms. The molecule has 0 aromatic carbocycles. The van der Waals surface area contributed by atoms with Crippen molar-refractivity contribution in [2.24, 2.45) is 0 Å². The molecule has 0 heterocycles. The van der Waals surface area contributed by atoms with Crippen molar-refractivity contribution in [1.82, 2.24) is 0 Å². The molecule has 0 aromatic rings. The molecule has 0 aliphatic rings. The smallest absolute Gasteiger partial charge is 0.157 e. The lowest BCUT2D eigenvalue weighted by Gasteiger charge is -2.16. The monoisotopic (exact) mass is 218 g/mol. The van der Waals surface area contributed by atoms with Crippen molar-refractivity contribution < 1.29 is 9.47 Å². The van der Waals surface area contributed by atoms with Gasteiger partial charge in [0.1, 0.15) is 0 Å². The Morgan fingerprint density at radius 1 is 1.00 bits per heavy atom. The second-order valence-electron chi connectivity index (χ2n) is 3.54. The molecule has 0 spiro atoms. The molecule has 3 heteroatoms. The number of hydrogen-bond acceptors (Lipinski definition) is 2. The van der Waals surface area contributed by atoms with Crippen LogP contribution in [0.2, 0.25) is 12.6 Å². The van der Waals surface area contributed by atoms with E-state index in [0.29, 0.717) is 0 Å². The van der Waals surface area contributed by atoms with E-state index in [-0.39, 0.29) is 15.8 Å². The van der Waals surface area contributed by atoms with Gasteiger partial charge in [-0.3, -0.25) is 0 Å². The maximum Gasteiger partial charge on any atom is 0.157 e. The minimum atomic E-state index is 0.0453. The Morgan fingerprint density at radius 2 is 1.64 bits per heavy atom. The normalized spacial score (nSPS) is 12.0. The van der Waals surface area contributed by atoms with Gasteiger partial charge in [-0.25, -0.2) is 0 Å². The Kier molecular flexibility index (Phi) is 11.3. The minimum Gasteiger partial charge on any atom is -0.353 e. The third-order valence-corrected chi connectivity index (χ3v) is 3.46. The van der Waals surface area contributed by atoms with E-state index in [9.17, 15) is 0 Å². The van der Waals surface area contributed by atoms with Crippen LogP contribution in [0.5, 0.6) is 0 Å². The Bertz CT molecular complexity index is 103. The summed E-state index contributed by atoms with van der Waals surface area (Å²) in [7, 11) is 0.285. The highest BCUT2D eigenvalue weighted by Gasteiger charge is 2.06. The molecule has 0 rings (SSSR count). The number of rotatable bonds is 10. The van der Waals surface area contributed by atoms with E-state index >= 15 is 0 Å². The Morgan fingerprint density at radius 3 is 2.14 bits per heavy atom. The summed E-state index contributed by atoms with van der Waals surface area (Å²) < 4.78 is 11.0. The molecule has 2 nitrogen and oxygen atoms in total. The molecule has 0 fully saturated rings. The zero-order valence-corrected chi connectivity index (χ0v) is 11.5. The first-order valence-corrected chi connectivity index (χ1v) is 8.49. The lowest BCUT2D eigenvalue weighted by atomic mass is 10.2. The summed E-state index contributed by atoms with van der Waals surface area (Å²) in [5, 5.41) is 0. The second-order valence-corrected chi connectivity index (χ2v) is 5.25. The van der Waals surface area contributed by atoms with Crippen molar-refractivity contribution >= 4 is 9.52 Å². The first-order valence-electron chi connectivity index (χ1n) is 6.08. The van der Waals surface area contributed by atoms with Gasteiger partial charge in [-0.15, -0.1) is 0 Å². The van der Waals surface area contributed by atoms with Crippen molar-refractivity contribution in [3.63, 3.8) is 0 Å². The number of hydrogen-bond donors (Lipinski definition) is 0. The van der Waals surface area contributed by atoms with Crippen LogP contribution >= 0.6 is 0 Å². The number of unbranched alkanes of at least 4 members (excludes halogenated alkanes) is 2. The summed E-state index contributed by atoms with van der Waals surface area (Å²) in [6, 6.07) is 1.49. The molecule has 0 radical (unpaired) electrons. The van der Waals surface area contributed by atoms with Crippen LogP contribution in [0, 0.1) is 0 Å². The van der Waals surface area contributed by atoms with E-state index in [1.54, 1.807) is 0 Å². The largest absolute Gasteiger partial charge is 0.353 e. The summed E-state index contributed by atoms with van der Waals surface area (Å²) in [4.78, 5) is 0. The molecule has 0 aliphatic carbocycles. The molecule has 0 unspecified atom stereocenters. The van der Waals surface area contributed by atoms with Gasteiger partial charge in [0.05, 0.1) is 0 Å². The molecule has 86 valence electrons. The van der Waals surface area contributed by atoms with Gasteiger partial charge < -0.3 is 9.47 Å². The minimum absolute atomic E-state index is 0.0453. The number of ether oxygens (including phenoxy) is 2. The van der Waals surface area contributed by atoms with Crippen molar-refractivity contribution in [3.05, 3.63) is 0 Å². The van der Waals surface area contributed by atoms with Crippen molar-refractivity contribution in [3.8, 4) is 0 Å². The summed E-state index contributed by atoms with van der Waals surface area (Å²) >= 11 is 0. The van der Waals surface area contributed by atoms with E-state index in [4.69, 9.17) is 9.47 Å². The quantitative estimate of drug-likeness (QED) is 0.319. The van der Waals surface area contributed by atoms with Crippen LogP contribution in [-0.4, -0.2) is 29.0 Å². The zero-order chi connectivity index (χ0) is 10.6. The third kappa shape index (κ3) is 8.72. The van der Waals surface area contributed by atoms with E-state index in [0.717, 1.165) is 19.6 Å². The highest BCUT2D eigenvalue weighted by atomic mass is 28.2. The van der Waals surface area contributed by atoms with Gasteiger partial charge in [-0.1, -0.05) is 25.4 Å². The van der Waals surface area contributed by atoms with Gasteiger partial charge in [-0.05, 0) is 26.7 Å². The molecule has 0 saturated carbocycles. The van der Waals surface area contributed by atoms with Crippen LogP contribution in [-0.2, 0) is 9.47 Å². The molecule has 0 aromatic heterocycles. The van der Waals surface area contributed by atoms with Crippen molar-refractivity contribution in [1.29, 1.82) is 0 Å². The van der Waals surface area contributed by atoms with Crippen LogP contribution in [0.25, 0.3) is 0 Å². The van der Waals surface area contributed by atoms with Crippen LogP contribution < -0.4 is 0 Å². The van der Waals surface area contributed by atoms with Gasteiger partial charge in [0.25, 0.3) is 0 Å². The fourth-order valence-electron chi connectivity index (χ4n) is 1.50.